The molecule has 0 saturated heterocycles. The first kappa shape index (κ1) is 10.3. The minimum atomic E-state index is -0.110. The third-order valence-corrected chi connectivity index (χ3v) is 3.26. The normalized spacial score (nSPS) is 10.2. The Hall–Kier alpha value is -1.21. The lowest BCUT2D eigenvalue weighted by atomic mass is 10.3. The number of carbonyl (C=O) groups excluding carboxylic acids is 1. The van der Waals surface area contributed by atoms with E-state index >= 15 is 0 Å². The van der Waals surface area contributed by atoms with Gasteiger partial charge in [0.1, 0.15) is 6.33 Å². The number of halogens is 1. The van der Waals surface area contributed by atoms with E-state index < -0.39 is 0 Å². The van der Waals surface area contributed by atoms with Crippen LogP contribution in [0.25, 0.3) is 0 Å². The fraction of sp³-hybridized carbons (Fsp3) is 0.125. The summed E-state index contributed by atoms with van der Waals surface area (Å²) >= 11 is 4.88. The summed E-state index contributed by atoms with van der Waals surface area (Å²) in [4.78, 5) is 16.3. The molecule has 5 nitrogen and oxygen atoms in total. The average molecular weight is 287 g/mol. The highest BCUT2D eigenvalue weighted by Crippen LogP contribution is 2.22. The molecular formula is C8H7BrN4OS. The van der Waals surface area contributed by atoms with Crippen molar-refractivity contribution in [2.24, 2.45) is 0 Å². The van der Waals surface area contributed by atoms with Gasteiger partial charge in [-0.1, -0.05) is 0 Å². The van der Waals surface area contributed by atoms with Gasteiger partial charge in [-0.05, 0) is 28.1 Å². The minimum absolute atomic E-state index is 0.110. The first-order valence-electron chi connectivity index (χ1n) is 4.13. The maximum atomic E-state index is 11.5. The second-order valence-corrected chi connectivity index (χ2v) is 5.31. The molecule has 2 aromatic rings. The monoisotopic (exact) mass is 286 g/mol. The molecule has 7 heteroatoms. The van der Waals surface area contributed by atoms with Crippen molar-refractivity contribution < 1.29 is 4.79 Å². The van der Waals surface area contributed by atoms with Crippen molar-refractivity contribution >= 4 is 39.1 Å². The number of hydrogen-bond acceptors (Lipinski definition) is 4. The summed E-state index contributed by atoms with van der Waals surface area (Å²) in [6.45, 7) is 0. The van der Waals surface area contributed by atoms with E-state index in [9.17, 15) is 4.79 Å². The number of aromatic amines is 1. The van der Waals surface area contributed by atoms with E-state index in [1.165, 1.54) is 17.7 Å². The number of aromatic nitrogens is 3. The number of thiophene rings is 1. The number of H-pyrrole nitrogens is 1. The number of nitrogens with zero attached hydrogens (tertiary/aromatic N) is 2. The third-order valence-electron chi connectivity index (χ3n) is 1.64. The standard InChI is InChI=1S/C8H7BrN4OS/c9-6-2-1-5(15-6)3-7(14)12-8-10-4-11-13-8/h1-2,4H,3H2,(H2,10,11,12,13,14). The highest BCUT2D eigenvalue weighted by atomic mass is 79.9. The van der Waals surface area contributed by atoms with Crippen LogP contribution in [0, 0.1) is 0 Å². The van der Waals surface area contributed by atoms with Gasteiger partial charge in [0.05, 0.1) is 10.2 Å². The number of hydrogen-bond donors (Lipinski definition) is 2. The van der Waals surface area contributed by atoms with E-state index in [4.69, 9.17) is 0 Å². The van der Waals surface area contributed by atoms with Crippen LogP contribution in [0.2, 0.25) is 0 Å². The van der Waals surface area contributed by atoms with Gasteiger partial charge in [0.2, 0.25) is 11.9 Å². The number of nitrogens with one attached hydrogen (secondary N) is 2. The Kier molecular flexibility index (Phi) is 3.12. The summed E-state index contributed by atoms with van der Waals surface area (Å²) < 4.78 is 1.02. The number of anilines is 1. The van der Waals surface area contributed by atoms with Crippen molar-refractivity contribution in [2.45, 2.75) is 6.42 Å². The highest BCUT2D eigenvalue weighted by Gasteiger charge is 2.07. The Morgan fingerprint density at radius 2 is 2.47 bits per heavy atom. The van der Waals surface area contributed by atoms with Crippen molar-refractivity contribution in [3.8, 4) is 0 Å². The predicted octanol–water partition coefficient (Wildman–Crippen LogP) is 1.81. The lowest BCUT2D eigenvalue weighted by Crippen LogP contribution is -2.14. The van der Waals surface area contributed by atoms with Crippen LogP contribution in [0.3, 0.4) is 0 Å². The molecule has 2 rings (SSSR count). The van der Waals surface area contributed by atoms with E-state index in [-0.39, 0.29) is 5.91 Å². The Bertz CT molecular complexity index is 453. The van der Waals surface area contributed by atoms with Crippen LogP contribution >= 0.6 is 27.3 Å². The van der Waals surface area contributed by atoms with E-state index in [1.54, 1.807) is 0 Å². The van der Waals surface area contributed by atoms with Crippen LogP contribution in [-0.2, 0) is 11.2 Å². The lowest BCUT2D eigenvalue weighted by molar-refractivity contribution is -0.115. The van der Waals surface area contributed by atoms with Gasteiger partial charge in [-0.25, -0.2) is 5.10 Å². The van der Waals surface area contributed by atoms with Gasteiger partial charge in [-0.3, -0.25) is 10.1 Å². The van der Waals surface area contributed by atoms with Crippen LogP contribution in [-0.4, -0.2) is 21.1 Å². The maximum Gasteiger partial charge on any atom is 0.231 e. The summed E-state index contributed by atoms with van der Waals surface area (Å²) in [6.07, 6.45) is 1.69. The first-order chi connectivity index (χ1) is 7.24. The summed E-state index contributed by atoms with van der Waals surface area (Å²) in [5.74, 6) is 0.261. The van der Waals surface area contributed by atoms with Gasteiger partial charge in [0.15, 0.2) is 0 Å². The highest BCUT2D eigenvalue weighted by molar-refractivity contribution is 9.11. The molecule has 0 aliphatic carbocycles. The molecule has 1 amide bonds. The second kappa shape index (κ2) is 4.54. The van der Waals surface area contributed by atoms with Crippen LogP contribution in [0.5, 0.6) is 0 Å². The third kappa shape index (κ3) is 2.87. The van der Waals surface area contributed by atoms with Crippen molar-refractivity contribution in [1.29, 1.82) is 0 Å². The minimum Gasteiger partial charge on any atom is -0.295 e. The van der Waals surface area contributed by atoms with E-state index in [2.05, 4.69) is 36.4 Å². The number of amides is 1. The van der Waals surface area contributed by atoms with Crippen LogP contribution in [0.4, 0.5) is 5.95 Å². The zero-order valence-electron chi connectivity index (χ0n) is 7.53. The van der Waals surface area contributed by atoms with E-state index in [0.29, 0.717) is 12.4 Å². The fourth-order valence-electron chi connectivity index (χ4n) is 1.05. The van der Waals surface area contributed by atoms with Crippen LogP contribution in [0.1, 0.15) is 4.88 Å². The average Bonchev–Trinajstić information content (AvgIpc) is 2.77. The second-order valence-electron chi connectivity index (χ2n) is 2.76. The summed E-state index contributed by atoms with van der Waals surface area (Å²) in [5, 5.41) is 8.79. The van der Waals surface area contributed by atoms with Gasteiger partial charge in [-0.15, -0.1) is 11.3 Å². The predicted molar refractivity (Wildman–Crippen MR) is 60.7 cm³/mol. The Balaban J connectivity index is 1.93. The lowest BCUT2D eigenvalue weighted by Gasteiger charge is -1.98. The van der Waals surface area contributed by atoms with E-state index in [1.807, 2.05) is 12.1 Å². The molecule has 0 radical (unpaired) electrons. The zero-order valence-corrected chi connectivity index (χ0v) is 9.93. The largest absolute Gasteiger partial charge is 0.295 e. The fourth-order valence-corrected chi connectivity index (χ4v) is 2.53. The van der Waals surface area contributed by atoms with Crippen LogP contribution < -0.4 is 5.32 Å². The zero-order chi connectivity index (χ0) is 10.7. The maximum absolute atomic E-state index is 11.5. The molecule has 0 unspecified atom stereocenters. The molecule has 0 aliphatic rings. The Labute approximate surface area is 98.1 Å². The smallest absolute Gasteiger partial charge is 0.231 e. The van der Waals surface area contributed by atoms with Crippen molar-refractivity contribution in [2.75, 3.05) is 5.32 Å². The molecule has 2 aromatic heterocycles. The van der Waals surface area contributed by atoms with Gasteiger partial charge in [-0.2, -0.15) is 10.1 Å². The molecule has 0 saturated carbocycles. The van der Waals surface area contributed by atoms with Gasteiger partial charge in [0, 0.05) is 4.88 Å². The molecular weight excluding hydrogens is 280 g/mol. The molecule has 2 N–H and O–H groups in total. The summed E-state index contributed by atoms with van der Waals surface area (Å²) in [7, 11) is 0. The topological polar surface area (TPSA) is 70.7 Å². The van der Waals surface area contributed by atoms with Crippen LogP contribution in [0.15, 0.2) is 22.2 Å². The Morgan fingerprint density at radius 1 is 1.60 bits per heavy atom. The Morgan fingerprint density at radius 3 is 3.07 bits per heavy atom. The van der Waals surface area contributed by atoms with Crippen molar-refractivity contribution in [3.05, 3.63) is 27.1 Å². The molecule has 0 spiro atoms. The molecule has 0 aliphatic heterocycles. The van der Waals surface area contributed by atoms with Crippen molar-refractivity contribution in [3.63, 3.8) is 0 Å². The van der Waals surface area contributed by atoms with E-state index in [0.717, 1.165) is 8.66 Å². The molecule has 0 atom stereocenters. The molecule has 78 valence electrons. The number of rotatable bonds is 3. The van der Waals surface area contributed by atoms with Gasteiger partial charge in [0.25, 0.3) is 0 Å². The number of carbonyl (C=O) groups is 1. The molecule has 0 bridgehead atoms. The van der Waals surface area contributed by atoms with Gasteiger partial charge >= 0.3 is 0 Å². The summed E-state index contributed by atoms with van der Waals surface area (Å²) in [6, 6.07) is 3.83. The quantitative estimate of drug-likeness (QED) is 0.904. The molecule has 2 heterocycles. The summed E-state index contributed by atoms with van der Waals surface area (Å²) in [5.41, 5.74) is 0. The SMILES string of the molecule is O=C(Cc1ccc(Br)s1)Nc1ncn[nH]1. The van der Waals surface area contributed by atoms with Crippen molar-refractivity contribution in [1.82, 2.24) is 15.2 Å². The molecule has 0 fully saturated rings. The first-order valence-corrected chi connectivity index (χ1v) is 5.74. The van der Waals surface area contributed by atoms with Gasteiger partial charge < -0.3 is 0 Å². The molecule has 15 heavy (non-hydrogen) atoms. The molecule has 0 aromatic carbocycles.